The Labute approximate surface area is 87.4 Å². The van der Waals surface area contributed by atoms with Crippen LogP contribution in [-0.2, 0) is 9.59 Å². The van der Waals surface area contributed by atoms with Crippen molar-refractivity contribution in [3.05, 3.63) is 23.8 Å². The largest absolute Gasteiger partial charge is 0.482 e. The highest BCUT2D eigenvalue weighted by molar-refractivity contribution is 6.00. The fourth-order valence-corrected chi connectivity index (χ4v) is 1.70. The van der Waals surface area contributed by atoms with E-state index in [4.69, 9.17) is 4.74 Å². The molecule has 0 unspecified atom stereocenters. The molecule has 0 saturated carbocycles. The van der Waals surface area contributed by atoms with Crippen LogP contribution in [0.1, 0.15) is 5.56 Å². The molecule has 2 rings (SSSR count). The van der Waals surface area contributed by atoms with E-state index in [1.165, 1.54) is 4.90 Å². The SMILES string of the molecule is Cc1cccc2c1N(CC=O)C(=O)CO2. The Morgan fingerprint density at radius 3 is 3.07 bits per heavy atom. The Balaban J connectivity index is 2.50. The lowest BCUT2D eigenvalue weighted by Gasteiger charge is -2.29. The lowest BCUT2D eigenvalue weighted by Crippen LogP contribution is -2.40. The van der Waals surface area contributed by atoms with E-state index in [0.717, 1.165) is 11.8 Å². The van der Waals surface area contributed by atoms with Crippen molar-refractivity contribution in [2.24, 2.45) is 0 Å². The van der Waals surface area contributed by atoms with Crippen molar-refractivity contribution in [1.82, 2.24) is 0 Å². The molecule has 15 heavy (non-hydrogen) atoms. The normalized spacial score (nSPS) is 14.5. The molecule has 0 spiro atoms. The first-order valence-electron chi connectivity index (χ1n) is 4.70. The summed E-state index contributed by atoms with van der Waals surface area (Å²) in [6.45, 7) is 1.98. The molecule has 0 aliphatic carbocycles. The van der Waals surface area contributed by atoms with Gasteiger partial charge in [0.2, 0.25) is 0 Å². The number of hydrogen-bond donors (Lipinski definition) is 0. The number of para-hydroxylation sites is 1. The van der Waals surface area contributed by atoms with Crippen LogP contribution in [-0.4, -0.2) is 25.3 Å². The average molecular weight is 205 g/mol. The van der Waals surface area contributed by atoms with Gasteiger partial charge in [-0.25, -0.2) is 0 Å². The topological polar surface area (TPSA) is 46.6 Å². The maximum absolute atomic E-state index is 11.5. The van der Waals surface area contributed by atoms with Crippen LogP contribution in [0.5, 0.6) is 5.75 Å². The van der Waals surface area contributed by atoms with Crippen molar-refractivity contribution >= 4 is 17.9 Å². The van der Waals surface area contributed by atoms with E-state index in [2.05, 4.69) is 0 Å². The summed E-state index contributed by atoms with van der Waals surface area (Å²) in [5.74, 6) is 0.486. The number of ether oxygens (including phenoxy) is 1. The zero-order valence-electron chi connectivity index (χ0n) is 8.40. The second-order valence-electron chi connectivity index (χ2n) is 3.38. The number of amides is 1. The number of hydrogen-bond acceptors (Lipinski definition) is 3. The maximum atomic E-state index is 11.5. The first-order valence-corrected chi connectivity index (χ1v) is 4.70. The summed E-state index contributed by atoms with van der Waals surface area (Å²) in [6, 6.07) is 5.55. The van der Waals surface area contributed by atoms with Gasteiger partial charge in [-0.15, -0.1) is 0 Å². The lowest BCUT2D eigenvalue weighted by molar-refractivity contribution is -0.122. The quantitative estimate of drug-likeness (QED) is 0.674. The van der Waals surface area contributed by atoms with Gasteiger partial charge in [-0.2, -0.15) is 0 Å². The minimum Gasteiger partial charge on any atom is -0.482 e. The number of fused-ring (bicyclic) bond motifs is 1. The molecule has 0 saturated heterocycles. The van der Waals surface area contributed by atoms with Crippen molar-refractivity contribution in [1.29, 1.82) is 0 Å². The van der Waals surface area contributed by atoms with Crippen molar-refractivity contribution in [3.63, 3.8) is 0 Å². The number of aryl methyl sites for hydroxylation is 1. The van der Waals surface area contributed by atoms with Crippen LogP contribution >= 0.6 is 0 Å². The van der Waals surface area contributed by atoms with Gasteiger partial charge in [0.1, 0.15) is 12.0 Å². The monoisotopic (exact) mass is 205 g/mol. The van der Waals surface area contributed by atoms with Gasteiger partial charge < -0.3 is 9.53 Å². The molecular weight excluding hydrogens is 194 g/mol. The van der Waals surface area contributed by atoms with Gasteiger partial charge in [-0.3, -0.25) is 9.69 Å². The molecule has 0 radical (unpaired) electrons. The van der Waals surface area contributed by atoms with Gasteiger partial charge in [0.25, 0.3) is 5.91 Å². The summed E-state index contributed by atoms with van der Waals surface area (Å²) < 4.78 is 5.29. The minimum absolute atomic E-state index is 0.00426. The Hall–Kier alpha value is -1.84. The Kier molecular flexibility index (Phi) is 2.41. The van der Waals surface area contributed by atoms with Crippen LogP contribution in [0.25, 0.3) is 0 Å². The molecule has 1 aliphatic heterocycles. The van der Waals surface area contributed by atoms with Crippen LogP contribution in [0, 0.1) is 6.92 Å². The van der Waals surface area contributed by atoms with Gasteiger partial charge in [0, 0.05) is 0 Å². The second kappa shape index (κ2) is 3.73. The van der Waals surface area contributed by atoms with Gasteiger partial charge in [-0.1, -0.05) is 12.1 Å². The number of rotatable bonds is 2. The molecule has 1 aromatic carbocycles. The predicted octanol–water partition coefficient (Wildman–Crippen LogP) is 0.919. The van der Waals surface area contributed by atoms with E-state index in [9.17, 15) is 9.59 Å². The summed E-state index contributed by atoms with van der Waals surface area (Å²) in [6.07, 6.45) is 0.722. The van der Waals surface area contributed by atoms with Crippen LogP contribution in [0.15, 0.2) is 18.2 Å². The molecule has 0 N–H and O–H groups in total. The van der Waals surface area contributed by atoms with Gasteiger partial charge in [0.15, 0.2) is 6.61 Å². The van der Waals surface area contributed by atoms with Crippen LogP contribution in [0.2, 0.25) is 0 Å². The highest BCUT2D eigenvalue weighted by Crippen LogP contribution is 2.34. The zero-order chi connectivity index (χ0) is 10.8. The first-order chi connectivity index (χ1) is 7.24. The van der Waals surface area contributed by atoms with Crippen molar-refractivity contribution < 1.29 is 14.3 Å². The number of carbonyl (C=O) groups is 2. The molecule has 0 bridgehead atoms. The molecule has 1 heterocycles. The average Bonchev–Trinajstić information content (AvgIpc) is 2.23. The number of anilines is 1. The highest BCUT2D eigenvalue weighted by Gasteiger charge is 2.26. The molecule has 0 atom stereocenters. The van der Waals surface area contributed by atoms with Crippen LogP contribution in [0.3, 0.4) is 0 Å². The third kappa shape index (κ3) is 1.58. The Morgan fingerprint density at radius 2 is 2.33 bits per heavy atom. The summed E-state index contributed by atoms with van der Waals surface area (Å²) >= 11 is 0. The molecule has 78 valence electrons. The molecule has 0 fully saturated rings. The standard InChI is InChI=1S/C11H11NO3/c1-8-3-2-4-9-11(8)12(5-6-13)10(14)7-15-9/h2-4,6H,5,7H2,1H3. The van der Waals surface area contributed by atoms with Gasteiger partial charge in [0.05, 0.1) is 12.2 Å². The molecule has 1 amide bonds. The van der Waals surface area contributed by atoms with Crippen molar-refractivity contribution in [2.75, 3.05) is 18.1 Å². The maximum Gasteiger partial charge on any atom is 0.265 e. The predicted molar refractivity (Wildman–Crippen MR) is 55.1 cm³/mol. The molecule has 0 aromatic heterocycles. The van der Waals surface area contributed by atoms with Gasteiger partial charge in [-0.05, 0) is 18.6 Å². The van der Waals surface area contributed by atoms with E-state index < -0.39 is 0 Å². The zero-order valence-corrected chi connectivity index (χ0v) is 8.40. The summed E-state index contributed by atoms with van der Waals surface area (Å²) in [5.41, 5.74) is 1.64. The third-order valence-corrected chi connectivity index (χ3v) is 2.38. The van der Waals surface area contributed by atoms with E-state index in [-0.39, 0.29) is 19.1 Å². The molecule has 4 nitrogen and oxygen atoms in total. The molecule has 1 aromatic rings. The second-order valence-corrected chi connectivity index (χ2v) is 3.38. The molecule has 4 heteroatoms. The van der Waals surface area contributed by atoms with E-state index in [1.54, 1.807) is 6.07 Å². The smallest absolute Gasteiger partial charge is 0.265 e. The summed E-state index contributed by atoms with van der Waals surface area (Å²) in [7, 11) is 0. The highest BCUT2D eigenvalue weighted by atomic mass is 16.5. The summed E-state index contributed by atoms with van der Waals surface area (Å²) in [4.78, 5) is 23.5. The van der Waals surface area contributed by atoms with Crippen LogP contribution in [0.4, 0.5) is 5.69 Å². The van der Waals surface area contributed by atoms with Crippen LogP contribution < -0.4 is 9.64 Å². The number of carbonyl (C=O) groups excluding carboxylic acids is 2. The van der Waals surface area contributed by atoms with Crippen molar-refractivity contribution in [2.45, 2.75) is 6.92 Å². The Morgan fingerprint density at radius 1 is 1.53 bits per heavy atom. The van der Waals surface area contributed by atoms with E-state index >= 15 is 0 Å². The fourth-order valence-electron chi connectivity index (χ4n) is 1.70. The molecule has 1 aliphatic rings. The third-order valence-electron chi connectivity index (χ3n) is 2.38. The minimum atomic E-state index is -0.177. The number of nitrogens with zero attached hydrogens (tertiary/aromatic N) is 1. The first kappa shape index (κ1) is 9.71. The number of aldehydes is 1. The lowest BCUT2D eigenvalue weighted by atomic mass is 10.1. The summed E-state index contributed by atoms with van der Waals surface area (Å²) in [5, 5.41) is 0. The number of benzene rings is 1. The van der Waals surface area contributed by atoms with E-state index in [0.29, 0.717) is 11.4 Å². The van der Waals surface area contributed by atoms with Crippen molar-refractivity contribution in [3.8, 4) is 5.75 Å². The molecular formula is C11H11NO3. The van der Waals surface area contributed by atoms with Gasteiger partial charge >= 0.3 is 0 Å². The Bertz CT molecular complexity index is 414. The van der Waals surface area contributed by atoms with E-state index in [1.807, 2.05) is 19.1 Å². The fraction of sp³-hybridized carbons (Fsp3) is 0.273.